The van der Waals surface area contributed by atoms with Crippen molar-refractivity contribution in [1.82, 2.24) is 5.32 Å². The van der Waals surface area contributed by atoms with E-state index in [2.05, 4.69) is 22.2 Å². The molecule has 1 aliphatic rings. The lowest BCUT2D eigenvalue weighted by Crippen LogP contribution is -2.20. The van der Waals surface area contributed by atoms with E-state index in [4.69, 9.17) is 10.2 Å². The number of benzene rings is 2. The normalized spacial score (nSPS) is 15.8. The Labute approximate surface area is 180 Å². The zero-order chi connectivity index (χ0) is 23.0. The van der Waals surface area contributed by atoms with Crippen molar-refractivity contribution in [3.63, 3.8) is 0 Å². The summed E-state index contributed by atoms with van der Waals surface area (Å²) in [5.41, 5.74) is 3.48. The number of hydrogen-bond donors (Lipinski definition) is 5. The molecule has 1 aliphatic heterocycles. The third-order valence-corrected chi connectivity index (χ3v) is 5.01. The van der Waals surface area contributed by atoms with Crippen molar-refractivity contribution in [2.24, 2.45) is 0 Å². The van der Waals surface area contributed by atoms with Gasteiger partial charge in [-0.25, -0.2) is 18.0 Å². The van der Waals surface area contributed by atoms with E-state index in [1.165, 1.54) is 5.56 Å². The van der Waals surface area contributed by atoms with Crippen LogP contribution in [0.2, 0.25) is 0 Å². The molecule has 2 aromatic carbocycles. The molecule has 0 fully saturated rings. The Morgan fingerprint density at radius 2 is 1.71 bits per heavy atom. The second kappa shape index (κ2) is 10.6. The Morgan fingerprint density at radius 1 is 1.10 bits per heavy atom. The van der Waals surface area contributed by atoms with E-state index in [9.17, 15) is 23.1 Å². The number of phenolic OH excluding ortho intramolecular Hbond substituents is 1. The van der Waals surface area contributed by atoms with Crippen molar-refractivity contribution in [1.29, 1.82) is 0 Å². The Balaban J connectivity index is 0.000000366. The molecular weight excluding hydrogens is 424 g/mol. The van der Waals surface area contributed by atoms with Gasteiger partial charge in [0.2, 0.25) is 10.0 Å². The number of sulfonamides is 1. The minimum atomic E-state index is -3.44. The predicted octanol–water partition coefficient (Wildman–Crippen LogP) is 1.75. The molecule has 10 heteroatoms. The van der Waals surface area contributed by atoms with E-state index in [1.54, 1.807) is 12.1 Å². The molecule has 166 valence electrons. The molecule has 1 unspecified atom stereocenters. The second-order valence-electron chi connectivity index (χ2n) is 6.87. The fourth-order valence-corrected chi connectivity index (χ4v) is 3.74. The number of aromatic hydroxyl groups is 1. The third kappa shape index (κ3) is 7.76. The van der Waals surface area contributed by atoms with Crippen molar-refractivity contribution >= 4 is 27.6 Å². The number of rotatable bonds is 5. The number of carbonyl (C=O) groups is 2. The molecule has 3 rings (SSSR count). The maximum absolute atomic E-state index is 11.5. The molecule has 0 spiro atoms. The molecule has 0 saturated carbocycles. The summed E-state index contributed by atoms with van der Waals surface area (Å²) in [6, 6.07) is 13.5. The largest absolute Gasteiger partial charge is 0.506 e. The van der Waals surface area contributed by atoms with Crippen molar-refractivity contribution in [3.05, 3.63) is 71.3 Å². The van der Waals surface area contributed by atoms with Gasteiger partial charge < -0.3 is 20.6 Å². The van der Waals surface area contributed by atoms with Crippen LogP contribution in [-0.4, -0.2) is 55.0 Å². The van der Waals surface area contributed by atoms with Gasteiger partial charge in [0.25, 0.3) is 0 Å². The first-order valence-electron chi connectivity index (χ1n) is 9.30. The highest BCUT2D eigenvalue weighted by Crippen LogP contribution is 2.36. The monoisotopic (exact) mass is 448 g/mol. The highest BCUT2D eigenvalue weighted by atomic mass is 32.2. The minimum Gasteiger partial charge on any atom is -0.506 e. The number of nitrogens with one attached hydrogen (secondary N) is 2. The molecule has 0 bridgehead atoms. The SMILES string of the molecule is CS(=O)(=O)Nc1cc2c(cc1O)CCNCC2c1ccccc1.O=C(O)/C=C/C(=O)O. The summed E-state index contributed by atoms with van der Waals surface area (Å²) in [5.74, 6) is -2.43. The van der Waals surface area contributed by atoms with E-state index >= 15 is 0 Å². The summed E-state index contributed by atoms with van der Waals surface area (Å²) in [5, 5.41) is 29.2. The van der Waals surface area contributed by atoms with Gasteiger partial charge in [-0.05, 0) is 41.8 Å². The molecule has 5 N–H and O–H groups in total. The number of aliphatic carboxylic acids is 2. The summed E-state index contributed by atoms with van der Waals surface area (Å²) < 4.78 is 25.4. The van der Waals surface area contributed by atoms with Crippen LogP contribution >= 0.6 is 0 Å². The molecule has 1 heterocycles. The van der Waals surface area contributed by atoms with Gasteiger partial charge in [-0.15, -0.1) is 0 Å². The molecule has 31 heavy (non-hydrogen) atoms. The van der Waals surface area contributed by atoms with Crippen LogP contribution in [0.15, 0.2) is 54.6 Å². The Morgan fingerprint density at radius 3 is 2.26 bits per heavy atom. The Hall–Kier alpha value is -3.37. The van der Waals surface area contributed by atoms with Crippen LogP contribution in [0.25, 0.3) is 0 Å². The topological polar surface area (TPSA) is 153 Å². The number of carboxylic acid groups (broad SMARTS) is 2. The van der Waals surface area contributed by atoms with Crippen molar-refractivity contribution in [2.45, 2.75) is 12.3 Å². The fraction of sp³-hybridized carbons (Fsp3) is 0.238. The molecule has 0 aliphatic carbocycles. The maximum Gasteiger partial charge on any atom is 0.328 e. The number of hydrogen-bond acceptors (Lipinski definition) is 6. The van der Waals surface area contributed by atoms with E-state index in [-0.39, 0.29) is 17.4 Å². The average molecular weight is 448 g/mol. The summed E-state index contributed by atoms with van der Waals surface area (Å²) >= 11 is 0. The highest BCUT2D eigenvalue weighted by Gasteiger charge is 2.22. The third-order valence-electron chi connectivity index (χ3n) is 4.42. The smallest absolute Gasteiger partial charge is 0.328 e. The molecule has 0 radical (unpaired) electrons. The molecule has 9 nitrogen and oxygen atoms in total. The zero-order valence-corrected chi connectivity index (χ0v) is 17.6. The van der Waals surface area contributed by atoms with Crippen LogP contribution in [0.4, 0.5) is 5.69 Å². The predicted molar refractivity (Wildman–Crippen MR) is 116 cm³/mol. The maximum atomic E-state index is 11.5. The first-order chi connectivity index (χ1) is 14.6. The molecule has 2 aromatic rings. The molecule has 1 atom stereocenters. The van der Waals surface area contributed by atoms with Crippen LogP contribution in [0, 0.1) is 0 Å². The van der Waals surface area contributed by atoms with Gasteiger partial charge in [0.1, 0.15) is 5.75 Å². The lowest BCUT2D eigenvalue weighted by molar-refractivity contribution is -0.134. The summed E-state index contributed by atoms with van der Waals surface area (Å²) in [4.78, 5) is 19.1. The van der Waals surface area contributed by atoms with E-state index < -0.39 is 22.0 Å². The van der Waals surface area contributed by atoms with Crippen LogP contribution in [0.3, 0.4) is 0 Å². The number of anilines is 1. The van der Waals surface area contributed by atoms with Crippen LogP contribution in [0.1, 0.15) is 22.6 Å². The second-order valence-corrected chi connectivity index (χ2v) is 8.62. The zero-order valence-electron chi connectivity index (χ0n) is 16.8. The van der Waals surface area contributed by atoms with Crippen molar-refractivity contribution in [2.75, 3.05) is 24.1 Å². The Kier molecular flexibility index (Phi) is 8.17. The van der Waals surface area contributed by atoms with Gasteiger partial charge in [-0.1, -0.05) is 30.3 Å². The summed E-state index contributed by atoms with van der Waals surface area (Å²) in [7, 11) is -3.44. The van der Waals surface area contributed by atoms with Gasteiger partial charge in [-0.3, -0.25) is 4.72 Å². The van der Waals surface area contributed by atoms with E-state index in [0.29, 0.717) is 12.2 Å². The fourth-order valence-electron chi connectivity index (χ4n) is 3.18. The van der Waals surface area contributed by atoms with Crippen LogP contribution in [0.5, 0.6) is 5.75 Å². The Bertz CT molecular complexity index is 1050. The van der Waals surface area contributed by atoms with Crippen LogP contribution in [-0.2, 0) is 26.0 Å². The van der Waals surface area contributed by atoms with E-state index in [1.807, 2.05) is 18.2 Å². The van der Waals surface area contributed by atoms with Crippen molar-refractivity contribution < 1.29 is 33.3 Å². The van der Waals surface area contributed by atoms with Gasteiger partial charge in [-0.2, -0.15) is 0 Å². The number of phenols is 1. The summed E-state index contributed by atoms with van der Waals surface area (Å²) in [6.07, 6.45) is 2.99. The minimum absolute atomic E-state index is 0.0390. The molecule has 0 aromatic heterocycles. The lowest BCUT2D eigenvalue weighted by Gasteiger charge is -2.20. The first kappa shape index (κ1) is 23.9. The van der Waals surface area contributed by atoms with Gasteiger partial charge in [0.15, 0.2) is 0 Å². The van der Waals surface area contributed by atoms with Gasteiger partial charge in [0, 0.05) is 24.6 Å². The van der Waals surface area contributed by atoms with Crippen LogP contribution < -0.4 is 10.0 Å². The summed E-state index contributed by atoms with van der Waals surface area (Å²) in [6.45, 7) is 1.61. The van der Waals surface area contributed by atoms with Gasteiger partial charge in [0.05, 0.1) is 11.9 Å². The molecule has 0 amide bonds. The number of carboxylic acids is 2. The highest BCUT2D eigenvalue weighted by molar-refractivity contribution is 7.92. The average Bonchev–Trinajstić information content (AvgIpc) is 2.89. The lowest BCUT2D eigenvalue weighted by atomic mass is 9.87. The quantitative estimate of drug-likeness (QED) is 0.343. The molecular formula is C21H24N2O7S. The van der Waals surface area contributed by atoms with Gasteiger partial charge >= 0.3 is 11.9 Å². The molecule has 0 saturated heterocycles. The first-order valence-corrected chi connectivity index (χ1v) is 11.2. The van der Waals surface area contributed by atoms with E-state index in [0.717, 1.165) is 36.9 Å². The van der Waals surface area contributed by atoms with Crippen molar-refractivity contribution in [3.8, 4) is 5.75 Å². The standard InChI is InChI=1S/C17H20N2O3S.C4H4O4/c1-23(21,22)19-16-10-14-13(9-17(16)20)7-8-18-11-15(14)12-5-3-2-4-6-12;5-3(6)1-2-4(7)8/h2-6,9-10,15,18-20H,7-8,11H2,1H3;1-2H,(H,5,6)(H,7,8)/b;2-1+. The number of fused-ring (bicyclic) bond motifs is 1.